The van der Waals surface area contributed by atoms with Crippen LogP contribution in [0.4, 0.5) is 13.2 Å². The normalized spacial score (nSPS) is 9.73. The quantitative estimate of drug-likeness (QED) is 0.551. The van der Waals surface area contributed by atoms with E-state index in [1.54, 1.807) is 0 Å². The molecule has 0 saturated carbocycles. The van der Waals surface area contributed by atoms with Crippen molar-refractivity contribution in [1.29, 1.82) is 0 Å². The highest BCUT2D eigenvalue weighted by molar-refractivity contribution is 5.47. The highest BCUT2D eigenvalue weighted by Gasteiger charge is 2.07. The van der Waals surface area contributed by atoms with Crippen LogP contribution in [0.25, 0.3) is 6.08 Å². The van der Waals surface area contributed by atoms with Gasteiger partial charge in [-0.2, -0.15) is 0 Å². The summed E-state index contributed by atoms with van der Waals surface area (Å²) in [5.74, 6) is -3.07. The molecule has 1 aromatic carbocycles. The molecule has 1 aromatic rings. The Kier molecular flexibility index (Phi) is 1.98. The van der Waals surface area contributed by atoms with Crippen LogP contribution in [0.1, 0.15) is 5.56 Å². The zero-order valence-corrected chi connectivity index (χ0v) is 5.57. The third-order valence-corrected chi connectivity index (χ3v) is 1.24. The molecule has 0 nitrogen and oxygen atoms in total. The van der Waals surface area contributed by atoms with Crippen molar-refractivity contribution >= 4 is 6.08 Å². The van der Waals surface area contributed by atoms with Gasteiger partial charge in [0.25, 0.3) is 0 Å². The maximum absolute atomic E-state index is 12.6. The van der Waals surface area contributed by atoms with Crippen molar-refractivity contribution in [3.05, 3.63) is 41.7 Å². The maximum Gasteiger partial charge on any atom is 0.166 e. The Hall–Kier alpha value is -1.25. The van der Waals surface area contributed by atoms with Gasteiger partial charge in [-0.1, -0.05) is 12.7 Å². The third-order valence-electron chi connectivity index (χ3n) is 1.24. The number of hydrogen-bond acceptors (Lipinski definition) is 0. The van der Waals surface area contributed by atoms with Crippen LogP contribution in [0.15, 0.2) is 18.7 Å². The number of rotatable bonds is 1. The lowest BCUT2D eigenvalue weighted by Crippen LogP contribution is -1.90. The van der Waals surface area contributed by atoms with E-state index in [2.05, 4.69) is 6.58 Å². The lowest BCUT2D eigenvalue weighted by Gasteiger charge is -1.97. The van der Waals surface area contributed by atoms with Crippen LogP contribution in [0.5, 0.6) is 0 Å². The summed E-state index contributed by atoms with van der Waals surface area (Å²) in [5.41, 5.74) is -0.164. The van der Waals surface area contributed by atoms with Crippen LogP contribution in [0.3, 0.4) is 0 Å². The molecule has 0 aliphatic carbocycles. The highest BCUT2D eigenvalue weighted by atomic mass is 19.2. The van der Waals surface area contributed by atoms with Crippen molar-refractivity contribution in [1.82, 2.24) is 0 Å². The maximum atomic E-state index is 12.6. The molecule has 0 atom stereocenters. The Morgan fingerprint density at radius 3 is 2.36 bits per heavy atom. The molecule has 0 heterocycles. The highest BCUT2D eigenvalue weighted by Crippen LogP contribution is 2.14. The zero-order chi connectivity index (χ0) is 8.43. The molecule has 58 valence electrons. The molecule has 0 amide bonds. The molecule has 0 radical (unpaired) electrons. The molecular formula is C8H5F3. The van der Waals surface area contributed by atoms with Gasteiger partial charge in [0.1, 0.15) is 5.82 Å². The van der Waals surface area contributed by atoms with Crippen LogP contribution in [0.2, 0.25) is 0 Å². The minimum Gasteiger partial charge on any atom is -0.207 e. The fraction of sp³-hybridized carbons (Fsp3) is 0. The van der Waals surface area contributed by atoms with Gasteiger partial charge in [-0.3, -0.25) is 0 Å². The first-order valence-electron chi connectivity index (χ1n) is 2.92. The van der Waals surface area contributed by atoms with E-state index in [1.165, 1.54) is 0 Å². The smallest absolute Gasteiger partial charge is 0.166 e. The van der Waals surface area contributed by atoms with Crippen LogP contribution in [0, 0.1) is 17.5 Å². The summed E-state index contributed by atoms with van der Waals surface area (Å²) >= 11 is 0. The lowest BCUT2D eigenvalue weighted by molar-refractivity contribution is 0.493. The Morgan fingerprint density at radius 2 is 1.82 bits per heavy atom. The fourth-order valence-corrected chi connectivity index (χ4v) is 0.724. The predicted octanol–water partition coefficient (Wildman–Crippen LogP) is 2.75. The Labute approximate surface area is 62.0 Å². The van der Waals surface area contributed by atoms with Crippen molar-refractivity contribution in [2.24, 2.45) is 0 Å². The molecule has 0 N–H and O–H groups in total. The standard InChI is InChI=1S/C8H5F3/c1-2-5-3-6(9)4-7(10)8(5)11/h2-4H,1H2. The summed E-state index contributed by atoms with van der Waals surface area (Å²) in [6.07, 6.45) is 1.06. The van der Waals surface area contributed by atoms with E-state index < -0.39 is 17.5 Å². The van der Waals surface area contributed by atoms with Gasteiger partial charge in [0.15, 0.2) is 11.6 Å². The minimum atomic E-state index is -1.19. The second-order valence-corrected chi connectivity index (χ2v) is 1.99. The van der Waals surface area contributed by atoms with Gasteiger partial charge in [0.2, 0.25) is 0 Å². The Morgan fingerprint density at radius 1 is 1.18 bits per heavy atom. The monoisotopic (exact) mass is 158 g/mol. The van der Waals surface area contributed by atoms with E-state index in [0.717, 1.165) is 12.1 Å². The van der Waals surface area contributed by atoms with Gasteiger partial charge in [-0.25, -0.2) is 13.2 Å². The zero-order valence-electron chi connectivity index (χ0n) is 5.57. The van der Waals surface area contributed by atoms with E-state index in [0.29, 0.717) is 6.07 Å². The van der Waals surface area contributed by atoms with Crippen molar-refractivity contribution in [3.63, 3.8) is 0 Å². The third kappa shape index (κ3) is 1.42. The molecule has 3 heteroatoms. The van der Waals surface area contributed by atoms with Gasteiger partial charge in [-0.15, -0.1) is 0 Å². The molecule has 0 saturated heterocycles. The van der Waals surface area contributed by atoms with E-state index in [4.69, 9.17) is 0 Å². The Balaban J connectivity index is 3.35. The van der Waals surface area contributed by atoms with E-state index in [1.807, 2.05) is 0 Å². The molecule has 0 aliphatic heterocycles. The average Bonchev–Trinajstić information content (AvgIpc) is 1.96. The van der Waals surface area contributed by atoms with Crippen molar-refractivity contribution < 1.29 is 13.2 Å². The second kappa shape index (κ2) is 2.78. The van der Waals surface area contributed by atoms with E-state index >= 15 is 0 Å². The van der Waals surface area contributed by atoms with Gasteiger partial charge in [0, 0.05) is 11.6 Å². The molecule has 0 aromatic heterocycles. The minimum absolute atomic E-state index is 0.164. The molecule has 0 aliphatic rings. The van der Waals surface area contributed by atoms with Gasteiger partial charge < -0.3 is 0 Å². The van der Waals surface area contributed by atoms with Crippen LogP contribution in [-0.2, 0) is 0 Å². The molecule has 0 spiro atoms. The molecule has 1 rings (SSSR count). The topological polar surface area (TPSA) is 0 Å². The summed E-state index contributed by atoms with van der Waals surface area (Å²) in [6.45, 7) is 3.20. The molecule has 0 fully saturated rings. The summed E-state index contributed by atoms with van der Waals surface area (Å²) in [6, 6.07) is 1.37. The number of halogens is 3. The largest absolute Gasteiger partial charge is 0.207 e. The van der Waals surface area contributed by atoms with Gasteiger partial charge in [-0.05, 0) is 6.07 Å². The van der Waals surface area contributed by atoms with Crippen molar-refractivity contribution in [3.8, 4) is 0 Å². The fourth-order valence-electron chi connectivity index (χ4n) is 0.724. The predicted molar refractivity (Wildman–Crippen MR) is 36.4 cm³/mol. The number of hydrogen-bond donors (Lipinski definition) is 0. The number of benzene rings is 1. The SMILES string of the molecule is C=Cc1cc(F)cc(F)c1F. The van der Waals surface area contributed by atoms with Crippen LogP contribution in [-0.4, -0.2) is 0 Å². The molecule has 0 unspecified atom stereocenters. The van der Waals surface area contributed by atoms with Crippen LogP contribution < -0.4 is 0 Å². The van der Waals surface area contributed by atoms with Gasteiger partial charge in [0.05, 0.1) is 0 Å². The van der Waals surface area contributed by atoms with E-state index in [9.17, 15) is 13.2 Å². The van der Waals surface area contributed by atoms with Crippen LogP contribution >= 0.6 is 0 Å². The summed E-state index contributed by atoms with van der Waals surface area (Å²) in [5, 5.41) is 0. The summed E-state index contributed by atoms with van der Waals surface area (Å²) < 4.78 is 37.3. The lowest BCUT2D eigenvalue weighted by atomic mass is 10.2. The summed E-state index contributed by atoms with van der Waals surface area (Å²) in [4.78, 5) is 0. The molecule has 0 bridgehead atoms. The first kappa shape index (κ1) is 7.85. The molecule has 11 heavy (non-hydrogen) atoms. The second-order valence-electron chi connectivity index (χ2n) is 1.99. The summed E-state index contributed by atoms with van der Waals surface area (Å²) in [7, 11) is 0. The first-order valence-corrected chi connectivity index (χ1v) is 2.92. The first-order chi connectivity index (χ1) is 5.15. The van der Waals surface area contributed by atoms with E-state index in [-0.39, 0.29) is 5.56 Å². The average molecular weight is 158 g/mol. The Bertz CT molecular complexity index is 292. The van der Waals surface area contributed by atoms with Crippen molar-refractivity contribution in [2.75, 3.05) is 0 Å². The molecular weight excluding hydrogens is 153 g/mol. The van der Waals surface area contributed by atoms with Crippen molar-refractivity contribution in [2.45, 2.75) is 0 Å². The van der Waals surface area contributed by atoms with Gasteiger partial charge >= 0.3 is 0 Å².